The molecule has 2 rings (SSSR count). The molecule has 4 N–H and O–H groups in total. The molecule has 2 aromatic heterocycles. The number of nitrogens with two attached hydrogens (primary N) is 1. The SMILES string of the molecule is Cc1nc(NN)cc(NCc2ccc(C)o2)n1. The summed E-state index contributed by atoms with van der Waals surface area (Å²) in [5.74, 6) is 9.01. The summed E-state index contributed by atoms with van der Waals surface area (Å²) in [6.45, 7) is 4.30. The van der Waals surface area contributed by atoms with Crippen LogP contribution in [-0.4, -0.2) is 9.97 Å². The summed E-state index contributed by atoms with van der Waals surface area (Å²) in [5.41, 5.74) is 2.50. The highest BCUT2D eigenvalue weighted by Crippen LogP contribution is 2.12. The molecule has 2 aromatic rings. The van der Waals surface area contributed by atoms with Gasteiger partial charge in [-0.05, 0) is 26.0 Å². The Morgan fingerprint density at radius 1 is 1.24 bits per heavy atom. The maximum Gasteiger partial charge on any atom is 0.145 e. The molecule has 90 valence electrons. The van der Waals surface area contributed by atoms with Gasteiger partial charge in [-0.25, -0.2) is 15.8 Å². The van der Waals surface area contributed by atoms with Crippen molar-refractivity contribution in [1.82, 2.24) is 9.97 Å². The molecule has 0 aliphatic carbocycles. The molecule has 0 radical (unpaired) electrons. The summed E-state index contributed by atoms with van der Waals surface area (Å²) in [7, 11) is 0. The molecule has 6 nitrogen and oxygen atoms in total. The number of hydrogen-bond acceptors (Lipinski definition) is 6. The first-order valence-electron chi connectivity index (χ1n) is 5.29. The zero-order valence-electron chi connectivity index (χ0n) is 9.82. The summed E-state index contributed by atoms with van der Waals surface area (Å²) in [6.07, 6.45) is 0. The van der Waals surface area contributed by atoms with Crippen LogP contribution < -0.4 is 16.6 Å². The van der Waals surface area contributed by atoms with Gasteiger partial charge >= 0.3 is 0 Å². The van der Waals surface area contributed by atoms with Gasteiger partial charge in [-0.1, -0.05) is 0 Å². The third-order valence-electron chi connectivity index (χ3n) is 2.23. The van der Waals surface area contributed by atoms with Crippen LogP contribution in [0, 0.1) is 13.8 Å². The molecular formula is C11H15N5O. The first kappa shape index (κ1) is 11.4. The number of nitrogens with zero attached hydrogens (tertiary/aromatic N) is 2. The fourth-order valence-corrected chi connectivity index (χ4v) is 1.49. The average molecular weight is 233 g/mol. The van der Waals surface area contributed by atoms with Crippen molar-refractivity contribution in [3.8, 4) is 0 Å². The largest absolute Gasteiger partial charge is 0.465 e. The fraction of sp³-hybridized carbons (Fsp3) is 0.273. The number of hydrazine groups is 1. The predicted octanol–water partition coefficient (Wildman–Crippen LogP) is 1.58. The number of nitrogens with one attached hydrogen (secondary N) is 2. The van der Waals surface area contributed by atoms with Crippen LogP contribution in [-0.2, 0) is 6.54 Å². The Bertz CT molecular complexity index is 508. The van der Waals surface area contributed by atoms with Crippen molar-refractivity contribution in [2.24, 2.45) is 5.84 Å². The van der Waals surface area contributed by atoms with Crippen molar-refractivity contribution in [3.63, 3.8) is 0 Å². The molecule has 0 aliphatic heterocycles. The minimum Gasteiger partial charge on any atom is -0.465 e. The Morgan fingerprint density at radius 3 is 2.65 bits per heavy atom. The monoisotopic (exact) mass is 233 g/mol. The van der Waals surface area contributed by atoms with E-state index in [0.717, 1.165) is 11.5 Å². The molecule has 17 heavy (non-hydrogen) atoms. The van der Waals surface area contributed by atoms with Gasteiger partial charge in [0.2, 0.25) is 0 Å². The third kappa shape index (κ3) is 2.94. The van der Waals surface area contributed by atoms with E-state index in [1.165, 1.54) is 0 Å². The van der Waals surface area contributed by atoms with E-state index in [0.29, 0.717) is 24.0 Å². The summed E-state index contributed by atoms with van der Waals surface area (Å²) in [4.78, 5) is 8.34. The molecule has 0 aliphatic rings. The predicted molar refractivity (Wildman–Crippen MR) is 65.4 cm³/mol. The van der Waals surface area contributed by atoms with E-state index in [2.05, 4.69) is 20.7 Å². The quantitative estimate of drug-likeness (QED) is 0.549. The standard InChI is InChI=1S/C11H15N5O/c1-7-3-4-9(17-7)6-13-10-5-11(16-12)15-8(2)14-10/h3-5H,6,12H2,1-2H3,(H2,13,14,15,16). The summed E-state index contributed by atoms with van der Waals surface area (Å²) in [5, 5.41) is 3.15. The average Bonchev–Trinajstić information content (AvgIpc) is 2.72. The Hall–Kier alpha value is -2.08. The van der Waals surface area contributed by atoms with Gasteiger partial charge in [-0.15, -0.1) is 0 Å². The number of hydrogen-bond donors (Lipinski definition) is 3. The van der Waals surface area contributed by atoms with E-state index in [-0.39, 0.29) is 0 Å². The summed E-state index contributed by atoms with van der Waals surface area (Å²) >= 11 is 0. The van der Waals surface area contributed by atoms with E-state index >= 15 is 0 Å². The molecule has 2 heterocycles. The van der Waals surface area contributed by atoms with Gasteiger partial charge in [0.1, 0.15) is 29.0 Å². The zero-order chi connectivity index (χ0) is 12.3. The molecule has 0 atom stereocenters. The maximum atomic E-state index is 5.45. The van der Waals surface area contributed by atoms with Crippen molar-refractivity contribution in [2.75, 3.05) is 10.7 Å². The highest BCUT2D eigenvalue weighted by molar-refractivity contribution is 5.46. The smallest absolute Gasteiger partial charge is 0.145 e. The van der Waals surface area contributed by atoms with Gasteiger partial charge in [0.05, 0.1) is 6.54 Å². The minimum atomic E-state index is 0.578. The van der Waals surface area contributed by atoms with Gasteiger partial charge < -0.3 is 15.2 Å². The van der Waals surface area contributed by atoms with Crippen LogP contribution in [0.5, 0.6) is 0 Å². The van der Waals surface area contributed by atoms with Crippen LogP contribution in [0.2, 0.25) is 0 Å². The second-order valence-corrected chi connectivity index (χ2v) is 3.70. The molecule has 0 unspecified atom stereocenters. The second kappa shape index (κ2) is 4.84. The Labute approximate surface area is 99.2 Å². The first-order chi connectivity index (χ1) is 8.17. The van der Waals surface area contributed by atoms with Gasteiger partial charge in [0.25, 0.3) is 0 Å². The number of nitrogen functional groups attached to an aromatic ring is 1. The van der Waals surface area contributed by atoms with Crippen LogP contribution in [0.4, 0.5) is 11.6 Å². The lowest BCUT2D eigenvalue weighted by Gasteiger charge is -2.06. The number of aryl methyl sites for hydroxylation is 2. The Kier molecular flexibility index (Phi) is 3.24. The highest BCUT2D eigenvalue weighted by atomic mass is 16.3. The zero-order valence-corrected chi connectivity index (χ0v) is 9.82. The van der Waals surface area contributed by atoms with Gasteiger partial charge in [-0.2, -0.15) is 0 Å². The number of rotatable bonds is 4. The molecule has 6 heteroatoms. The molecule has 0 saturated heterocycles. The lowest BCUT2D eigenvalue weighted by Crippen LogP contribution is -2.11. The van der Waals surface area contributed by atoms with E-state index in [1.54, 1.807) is 6.07 Å². The summed E-state index contributed by atoms with van der Waals surface area (Å²) < 4.78 is 5.45. The van der Waals surface area contributed by atoms with E-state index in [4.69, 9.17) is 10.3 Å². The number of furan rings is 1. The van der Waals surface area contributed by atoms with Crippen LogP contribution in [0.15, 0.2) is 22.6 Å². The van der Waals surface area contributed by atoms with Crippen LogP contribution in [0.25, 0.3) is 0 Å². The molecule has 0 bridgehead atoms. The van der Waals surface area contributed by atoms with E-state index in [9.17, 15) is 0 Å². The van der Waals surface area contributed by atoms with Crippen molar-refractivity contribution >= 4 is 11.6 Å². The van der Waals surface area contributed by atoms with E-state index < -0.39 is 0 Å². The minimum absolute atomic E-state index is 0.578. The number of anilines is 2. The Morgan fingerprint density at radius 2 is 2.00 bits per heavy atom. The molecule has 0 aromatic carbocycles. The van der Waals surface area contributed by atoms with Crippen molar-refractivity contribution in [1.29, 1.82) is 0 Å². The van der Waals surface area contributed by atoms with E-state index in [1.807, 2.05) is 26.0 Å². The van der Waals surface area contributed by atoms with Gasteiger partial charge in [-0.3, -0.25) is 0 Å². The fourth-order valence-electron chi connectivity index (χ4n) is 1.49. The van der Waals surface area contributed by atoms with Crippen molar-refractivity contribution in [2.45, 2.75) is 20.4 Å². The van der Waals surface area contributed by atoms with Crippen LogP contribution >= 0.6 is 0 Å². The second-order valence-electron chi connectivity index (χ2n) is 3.70. The Balaban J connectivity index is 2.05. The summed E-state index contributed by atoms with van der Waals surface area (Å²) in [6, 6.07) is 5.59. The topological polar surface area (TPSA) is 89.0 Å². The lowest BCUT2D eigenvalue weighted by molar-refractivity contribution is 0.490. The third-order valence-corrected chi connectivity index (χ3v) is 2.23. The van der Waals surface area contributed by atoms with Gasteiger partial charge in [0, 0.05) is 6.07 Å². The van der Waals surface area contributed by atoms with Crippen LogP contribution in [0.1, 0.15) is 17.3 Å². The first-order valence-corrected chi connectivity index (χ1v) is 5.29. The van der Waals surface area contributed by atoms with Crippen molar-refractivity contribution < 1.29 is 4.42 Å². The normalized spacial score (nSPS) is 10.3. The molecule has 0 amide bonds. The van der Waals surface area contributed by atoms with Crippen molar-refractivity contribution in [3.05, 3.63) is 35.5 Å². The molecular weight excluding hydrogens is 218 g/mol. The molecule has 0 saturated carbocycles. The molecule has 0 fully saturated rings. The molecule has 0 spiro atoms. The maximum absolute atomic E-state index is 5.45. The lowest BCUT2D eigenvalue weighted by atomic mass is 10.4. The highest BCUT2D eigenvalue weighted by Gasteiger charge is 2.02. The number of aromatic nitrogens is 2. The van der Waals surface area contributed by atoms with Crippen LogP contribution in [0.3, 0.4) is 0 Å². The van der Waals surface area contributed by atoms with Gasteiger partial charge in [0.15, 0.2) is 0 Å².